The smallest absolute Gasteiger partial charge is 0.338 e. The topological polar surface area (TPSA) is 68.3 Å². The molecule has 0 atom stereocenters. The summed E-state index contributed by atoms with van der Waals surface area (Å²) >= 11 is 5.86. The van der Waals surface area contributed by atoms with E-state index in [0.717, 1.165) is 11.1 Å². The van der Waals surface area contributed by atoms with Crippen LogP contribution < -0.4 is 5.32 Å². The lowest BCUT2D eigenvalue weighted by Gasteiger charge is -2.08. The van der Waals surface area contributed by atoms with Crippen LogP contribution in [0, 0.1) is 0 Å². The average molecular weight is 367 g/mol. The van der Waals surface area contributed by atoms with Crippen molar-refractivity contribution in [3.63, 3.8) is 0 Å². The molecule has 0 aliphatic rings. The number of ether oxygens (including phenoxy) is 1. The molecule has 0 saturated heterocycles. The fourth-order valence-electron chi connectivity index (χ4n) is 2.31. The molecule has 0 aliphatic heterocycles. The van der Waals surface area contributed by atoms with Gasteiger partial charge in [0.15, 0.2) is 11.8 Å². The zero-order chi connectivity index (χ0) is 18.4. The third kappa shape index (κ3) is 4.46. The molecule has 1 amide bonds. The number of esters is 1. The molecule has 0 saturated carbocycles. The first kappa shape index (κ1) is 17.6. The Kier molecular flexibility index (Phi) is 5.61. The molecule has 0 aliphatic carbocycles. The molecule has 1 heterocycles. The fourth-order valence-corrected chi connectivity index (χ4v) is 2.48. The van der Waals surface area contributed by atoms with Crippen molar-refractivity contribution in [3.05, 3.63) is 83.6 Å². The summed E-state index contributed by atoms with van der Waals surface area (Å²) in [6.45, 7) is -0.412. The normalized spacial score (nSPS) is 10.2. The molecule has 6 heteroatoms. The molecule has 0 bridgehead atoms. The standard InChI is InChI=1S/C20H15ClN2O3/c21-19-17(7-4-12-22-19)23-18(24)13-26-20(25)16-10-8-15(9-11-16)14-5-2-1-3-6-14/h1-12H,13H2,(H,23,24). The number of carbonyl (C=O) groups excluding carboxylic acids is 2. The van der Waals surface area contributed by atoms with Crippen LogP contribution in [0.3, 0.4) is 0 Å². The van der Waals surface area contributed by atoms with E-state index in [4.69, 9.17) is 16.3 Å². The van der Waals surface area contributed by atoms with Crippen molar-refractivity contribution in [2.24, 2.45) is 0 Å². The Morgan fingerprint density at radius 1 is 0.923 bits per heavy atom. The van der Waals surface area contributed by atoms with Crippen LogP contribution >= 0.6 is 11.6 Å². The molecular formula is C20H15ClN2O3. The van der Waals surface area contributed by atoms with Crippen LogP contribution in [-0.4, -0.2) is 23.5 Å². The van der Waals surface area contributed by atoms with E-state index in [1.807, 2.05) is 42.5 Å². The zero-order valence-electron chi connectivity index (χ0n) is 13.7. The van der Waals surface area contributed by atoms with Crippen molar-refractivity contribution >= 4 is 29.2 Å². The molecule has 0 unspecified atom stereocenters. The number of benzene rings is 2. The molecule has 26 heavy (non-hydrogen) atoms. The minimum absolute atomic E-state index is 0.170. The summed E-state index contributed by atoms with van der Waals surface area (Å²) in [7, 11) is 0. The van der Waals surface area contributed by atoms with E-state index in [9.17, 15) is 9.59 Å². The summed E-state index contributed by atoms with van der Waals surface area (Å²) < 4.78 is 5.03. The van der Waals surface area contributed by atoms with Crippen molar-refractivity contribution in [1.82, 2.24) is 4.98 Å². The van der Waals surface area contributed by atoms with Gasteiger partial charge in [-0.2, -0.15) is 0 Å². The van der Waals surface area contributed by atoms with Gasteiger partial charge in [-0.05, 0) is 35.4 Å². The van der Waals surface area contributed by atoms with Crippen molar-refractivity contribution in [1.29, 1.82) is 0 Å². The summed E-state index contributed by atoms with van der Waals surface area (Å²) in [6.07, 6.45) is 1.51. The number of anilines is 1. The highest BCUT2D eigenvalue weighted by molar-refractivity contribution is 6.32. The van der Waals surface area contributed by atoms with Gasteiger partial charge in [-0.3, -0.25) is 4.79 Å². The maximum absolute atomic E-state index is 12.1. The highest BCUT2D eigenvalue weighted by atomic mass is 35.5. The molecule has 0 fully saturated rings. The van der Waals surface area contributed by atoms with Gasteiger partial charge in [-0.25, -0.2) is 9.78 Å². The monoisotopic (exact) mass is 366 g/mol. The summed E-state index contributed by atoms with van der Waals surface area (Å²) in [5.41, 5.74) is 2.78. The number of amides is 1. The molecule has 2 aromatic carbocycles. The van der Waals surface area contributed by atoms with Crippen LogP contribution in [0.1, 0.15) is 10.4 Å². The van der Waals surface area contributed by atoms with Gasteiger partial charge in [0.05, 0.1) is 11.3 Å². The van der Waals surface area contributed by atoms with Gasteiger partial charge in [0.2, 0.25) is 0 Å². The molecule has 5 nitrogen and oxygen atoms in total. The van der Waals surface area contributed by atoms with E-state index in [1.54, 1.807) is 24.3 Å². The highest BCUT2D eigenvalue weighted by Gasteiger charge is 2.12. The second-order valence-corrected chi connectivity index (χ2v) is 5.77. The number of aromatic nitrogens is 1. The number of hydrogen-bond donors (Lipinski definition) is 1. The van der Waals surface area contributed by atoms with Gasteiger partial charge < -0.3 is 10.1 Å². The van der Waals surface area contributed by atoms with Crippen molar-refractivity contribution < 1.29 is 14.3 Å². The lowest BCUT2D eigenvalue weighted by Crippen LogP contribution is -2.21. The molecule has 130 valence electrons. The molecule has 1 aromatic heterocycles. The van der Waals surface area contributed by atoms with Gasteiger partial charge in [0, 0.05) is 6.20 Å². The lowest BCUT2D eigenvalue weighted by atomic mass is 10.0. The van der Waals surface area contributed by atoms with E-state index >= 15 is 0 Å². The Balaban J connectivity index is 1.56. The quantitative estimate of drug-likeness (QED) is 0.543. The molecule has 0 spiro atoms. The van der Waals surface area contributed by atoms with Crippen LogP contribution in [0.15, 0.2) is 72.9 Å². The predicted molar refractivity (Wildman–Crippen MR) is 100 cm³/mol. The molecule has 1 N–H and O–H groups in total. The van der Waals surface area contributed by atoms with E-state index < -0.39 is 18.5 Å². The zero-order valence-corrected chi connectivity index (χ0v) is 14.4. The molecule has 3 rings (SSSR count). The Labute approximate surface area is 155 Å². The van der Waals surface area contributed by atoms with E-state index in [1.165, 1.54) is 6.20 Å². The average Bonchev–Trinajstić information content (AvgIpc) is 2.69. The summed E-state index contributed by atoms with van der Waals surface area (Å²) in [5, 5.41) is 2.71. The first-order valence-electron chi connectivity index (χ1n) is 7.86. The maximum Gasteiger partial charge on any atom is 0.338 e. The first-order valence-corrected chi connectivity index (χ1v) is 8.24. The summed E-state index contributed by atoms with van der Waals surface area (Å²) in [4.78, 5) is 27.8. The van der Waals surface area contributed by atoms with Crippen LogP contribution in [-0.2, 0) is 9.53 Å². The number of hydrogen-bond acceptors (Lipinski definition) is 4. The number of rotatable bonds is 5. The lowest BCUT2D eigenvalue weighted by molar-refractivity contribution is -0.119. The minimum Gasteiger partial charge on any atom is -0.452 e. The van der Waals surface area contributed by atoms with Gasteiger partial charge >= 0.3 is 5.97 Å². The third-order valence-corrected chi connectivity index (χ3v) is 3.90. The van der Waals surface area contributed by atoms with Crippen molar-refractivity contribution in [2.75, 3.05) is 11.9 Å². The van der Waals surface area contributed by atoms with Gasteiger partial charge in [-0.15, -0.1) is 0 Å². The first-order chi connectivity index (χ1) is 12.6. The van der Waals surface area contributed by atoms with Gasteiger partial charge in [0.1, 0.15) is 0 Å². The van der Waals surface area contributed by atoms with Crippen LogP contribution in [0.2, 0.25) is 5.15 Å². The van der Waals surface area contributed by atoms with E-state index in [2.05, 4.69) is 10.3 Å². The Hall–Kier alpha value is -3.18. The number of nitrogens with zero attached hydrogens (tertiary/aromatic N) is 1. The Morgan fingerprint density at radius 3 is 2.31 bits per heavy atom. The number of carbonyl (C=O) groups is 2. The van der Waals surface area contributed by atoms with Crippen LogP contribution in [0.4, 0.5) is 5.69 Å². The van der Waals surface area contributed by atoms with Gasteiger partial charge in [-0.1, -0.05) is 54.1 Å². The van der Waals surface area contributed by atoms with Gasteiger partial charge in [0.25, 0.3) is 5.91 Å². The molecular weight excluding hydrogens is 352 g/mol. The van der Waals surface area contributed by atoms with Crippen LogP contribution in [0.25, 0.3) is 11.1 Å². The fraction of sp³-hybridized carbons (Fsp3) is 0.0500. The van der Waals surface area contributed by atoms with Crippen LogP contribution in [0.5, 0.6) is 0 Å². The summed E-state index contributed by atoms with van der Waals surface area (Å²) in [5.74, 6) is -1.06. The molecule has 0 radical (unpaired) electrons. The second kappa shape index (κ2) is 8.27. The Bertz CT molecular complexity index is 912. The Morgan fingerprint density at radius 2 is 1.62 bits per heavy atom. The van der Waals surface area contributed by atoms with E-state index in [-0.39, 0.29) is 5.15 Å². The van der Waals surface area contributed by atoms with E-state index in [0.29, 0.717) is 11.3 Å². The summed E-state index contributed by atoms with van der Waals surface area (Å²) in [6, 6.07) is 20.1. The highest BCUT2D eigenvalue weighted by Crippen LogP contribution is 2.20. The SMILES string of the molecule is O=C(COC(=O)c1ccc(-c2ccccc2)cc1)Nc1cccnc1Cl. The number of nitrogens with one attached hydrogen (secondary N) is 1. The van der Waals surface area contributed by atoms with Crippen molar-refractivity contribution in [3.8, 4) is 11.1 Å². The predicted octanol–water partition coefficient (Wildman–Crippen LogP) is 4.20. The number of halogens is 1. The molecule has 3 aromatic rings. The largest absolute Gasteiger partial charge is 0.452 e. The second-order valence-electron chi connectivity index (χ2n) is 5.41. The maximum atomic E-state index is 12.1. The number of pyridine rings is 1. The minimum atomic E-state index is -0.572. The van der Waals surface area contributed by atoms with Crippen molar-refractivity contribution in [2.45, 2.75) is 0 Å². The third-order valence-electron chi connectivity index (χ3n) is 3.60.